The van der Waals surface area contributed by atoms with Crippen LogP contribution in [-0.4, -0.2) is 24.2 Å². The molecule has 1 aliphatic rings. The van der Waals surface area contributed by atoms with Crippen LogP contribution in [0, 0.1) is 10.1 Å². The Balaban J connectivity index is 1.64. The third-order valence-corrected chi connectivity index (χ3v) is 3.39. The average Bonchev–Trinajstić information content (AvgIpc) is 2.92. The molecule has 1 aliphatic carbocycles. The van der Waals surface area contributed by atoms with E-state index in [1.807, 2.05) is 6.07 Å². The molecule has 0 radical (unpaired) electrons. The second-order valence-electron chi connectivity index (χ2n) is 4.88. The molecule has 1 fully saturated rings. The first-order valence-electron chi connectivity index (χ1n) is 6.81. The van der Waals surface area contributed by atoms with Crippen LogP contribution in [0.15, 0.2) is 24.3 Å². The van der Waals surface area contributed by atoms with Crippen LogP contribution in [0.3, 0.4) is 0 Å². The van der Waals surface area contributed by atoms with Crippen LogP contribution in [0.1, 0.15) is 31.2 Å². The highest BCUT2D eigenvalue weighted by Gasteiger charge is 2.14. The Kier molecular flexibility index (Phi) is 5.30. The first kappa shape index (κ1) is 14.0. The van der Waals surface area contributed by atoms with Gasteiger partial charge in [-0.15, -0.1) is 0 Å². The molecule has 5 heteroatoms. The summed E-state index contributed by atoms with van der Waals surface area (Å²) in [5, 5.41) is 13.9. The van der Waals surface area contributed by atoms with Gasteiger partial charge in [-0.25, -0.2) is 0 Å². The largest absolute Gasteiger partial charge is 0.377 e. The van der Waals surface area contributed by atoms with Crippen molar-refractivity contribution in [2.24, 2.45) is 0 Å². The minimum atomic E-state index is -0.368. The van der Waals surface area contributed by atoms with Crippen molar-refractivity contribution in [1.29, 1.82) is 0 Å². The summed E-state index contributed by atoms with van der Waals surface area (Å²) in [6, 6.07) is 6.71. The molecule has 0 aliphatic heterocycles. The minimum Gasteiger partial charge on any atom is -0.377 e. The van der Waals surface area contributed by atoms with Crippen LogP contribution in [0.25, 0.3) is 0 Å². The number of rotatable bonds is 7. The smallest absolute Gasteiger partial charge is 0.269 e. The van der Waals surface area contributed by atoms with Gasteiger partial charge in [0, 0.05) is 25.2 Å². The zero-order valence-corrected chi connectivity index (χ0v) is 11.0. The van der Waals surface area contributed by atoms with Crippen LogP contribution in [0.5, 0.6) is 0 Å². The summed E-state index contributed by atoms with van der Waals surface area (Å²) < 4.78 is 5.73. The van der Waals surface area contributed by atoms with Crippen molar-refractivity contribution in [3.8, 4) is 0 Å². The minimum absolute atomic E-state index is 0.140. The molecule has 0 spiro atoms. The standard InChI is InChI=1S/C14H20N2O3/c17-16(18)13-5-3-4-12(10-13)11-15-8-9-19-14-6-1-2-7-14/h3-5,10,14-15H,1-2,6-9,11H2. The van der Waals surface area contributed by atoms with Crippen LogP contribution >= 0.6 is 0 Å². The lowest BCUT2D eigenvalue weighted by atomic mass is 10.2. The van der Waals surface area contributed by atoms with Crippen LogP contribution in [0.4, 0.5) is 5.69 Å². The van der Waals surface area contributed by atoms with Crippen molar-refractivity contribution >= 4 is 5.69 Å². The molecule has 0 aromatic heterocycles. The summed E-state index contributed by atoms with van der Waals surface area (Å²) in [5.74, 6) is 0. The Bertz CT molecular complexity index is 417. The maximum absolute atomic E-state index is 10.6. The van der Waals surface area contributed by atoms with Crippen molar-refractivity contribution in [2.75, 3.05) is 13.2 Å². The third-order valence-electron chi connectivity index (χ3n) is 3.39. The Hall–Kier alpha value is -1.46. The Labute approximate surface area is 113 Å². The number of ether oxygens (including phenoxy) is 1. The molecule has 1 saturated carbocycles. The van der Waals surface area contributed by atoms with Crippen LogP contribution < -0.4 is 5.32 Å². The van der Waals surface area contributed by atoms with Crippen molar-refractivity contribution in [1.82, 2.24) is 5.32 Å². The van der Waals surface area contributed by atoms with Crippen molar-refractivity contribution in [2.45, 2.75) is 38.3 Å². The monoisotopic (exact) mass is 264 g/mol. The van der Waals surface area contributed by atoms with Gasteiger partial charge in [0.2, 0.25) is 0 Å². The van der Waals surface area contributed by atoms with Gasteiger partial charge in [0.25, 0.3) is 5.69 Å². The molecular formula is C14H20N2O3. The second-order valence-corrected chi connectivity index (χ2v) is 4.88. The summed E-state index contributed by atoms with van der Waals surface area (Å²) in [4.78, 5) is 10.3. The van der Waals surface area contributed by atoms with Gasteiger partial charge in [-0.3, -0.25) is 10.1 Å². The molecule has 0 amide bonds. The van der Waals surface area contributed by atoms with E-state index in [1.54, 1.807) is 12.1 Å². The second kappa shape index (κ2) is 7.21. The van der Waals surface area contributed by atoms with E-state index in [0.717, 1.165) is 12.1 Å². The number of hydrogen-bond acceptors (Lipinski definition) is 4. The first-order valence-corrected chi connectivity index (χ1v) is 6.81. The molecule has 0 saturated heterocycles. The predicted octanol–water partition coefficient (Wildman–Crippen LogP) is 2.64. The summed E-state index contributed by atoms with van der Waals surface area (Å²) >= 11 is 0. The Morgan fingerprint density at radius 3 is 2.89 bits per heavy atom. The molecule has 0 atom stereocenters. The van der Waals surface area contributed by atoms with E-state index in [1.165, 1.54) is 31.7 Å². The fraction of sp³-hybridized carbons (Fsp3) is 0.571. The van der Waals surface area contributed by atoms with Crippen LogP contribution in [-0.2, 0) is 11.3 Å². The Morgan fingerprint density at radius 1 is 1.37 bits per heavy atom. The molecule has 1 aromatic rings. The third kappa shape index (κ3) is 4.61. The first-order chi connectivity index (χ1) is 9.25. The number of nitro benzene ring substituents is 1. The van der Waals surface area contributed by atoms with Gasteiger partial charge in [0.1, 0.15) is 0 Å². The van der Waals surface area contributed by atoms with Crippen molar-refractivity contribution < 1.29 is 9.66 Å². The van der Waals surface area contributed by atoms with Crippen LogP contribution in [0.2, 0.25) is 0 Å². The molecule has 19 heavy (non-hydrogen) atoms. The van der Waals surface area contributed by atoms with E-state index >= 15 is 0 Å². The molecule has 1 aromatic carbocycles. The quantitative estimate of drug-likeness (QED) is 0.467. The number of hydrogen-bond donors (Lipinski definition) is 1. The number of nitrogens with one attached hydrogen (secondary N) is 1. The number of nitrogens with zero attached hydrogens (tertiary/aromatic N) is 1. The van der Waals surface area contributed by atoms with Crippen molar-refractivity contribution in [3.63, 3.8) is 0 Å². The summed E-state index contributed by atoms with van der Waals surface area (Å²) in [6.07, 6.45) is 5.38. The molecule has 0 unspecified atom stereocenters. The molecular weight excluding hydrogens is 244 g/mol. The summed E-state index contributed by atoms with van der Waals surface area (Å²) in [5.41, 5.74) is 1.07. The van der Waals surface area contributed by atoms with E-state index in [4.69, 9.17) is 4.74 Å². The SMILES string of the molecule is O=[N+]([O-])c1cccc(CNCCOC2CCCC2)c1. The molecule has 1 N–H and O–H groups in total. The number of non-ortho nitro benzene ring substituents is 1. The lowest BCUT2D eigenvalue weighted by molar-refractivity contribution is -0.384. The summed E-state index contributed by atoms with van der Waals surface area (Å²) in [6.45, 7) is 2.12. The normalized spacial score (nSPS) is 15.8. The lowest BCUT2D eigenvalue weighted by Gasteiger charge is -2.11. The molecule has 0 bridgehead atoms. The zero-order valence-electron chi connectivity index (χ0n) is 11.0. The van der Waals surface area contributed by atoms with E-state index in [0.29, 0.717) is 19.3 Å². The molecule has 0 heterocycles. The van der Waals surface area contributed by atoms with Gasteiger partial charge in [-0.2, -0.15) is 0 Å². The van der Waals surface area contributed by atoms with Crippen molar-refractivity contribution in [3.05, 3.63) is 39.9 Å². The number of benzene rings is 1. The Morgan fingerprint density at radius 2 is 2.16 bits per heavy atom. The van der Waals surface area contributed by atoms with E-state index in [2.05, 4.69) is 5.32 Å². The zero-order chi connectivity index (χ0) is 13.5. The molecule has 5 nitrogen and oxygen atoms in total. The number of nitro groups is 1. The van der Waals surface area contributed by atoms with Gasteiger partial charge < -0.3 is 10.1 Å². The molecule has 2 rings (SSSR count). The fourth-order valence-electron chi connectivity index (χ4n) is 2.37. The van der Waals surface area contributed by atoms with Gasteiger partial charge in [0.15, 0.2) is 0 Å². The van der Waals surface area contributed by atoms with E-state index in [9.17, 15) is 10.1 Å². The maximum atomic E-state index is 10.6. The predicted molar refractivity (Wildman–Crippen MR) is 73.0 cm³/mol. The van der Waals surface area contributed by atoms with E-state index in [-0.39, 0.29) is 10.6 Å². The topological polar surface area (TPSA) is 64.4 Å². The highest BCUT2D eigenvalue weighted by Crippen LogP contribution is 2.20. The van der Waals surface area contributed by atoms with Gasteiger partial charge in [-0.1, -0.05) is 25.0 Å². The average molecular weight is 264 g/mol. The van der Waals surface area contributed by atoms with Gasteiger partial charge in [-0.05, 0) is 18.4 Å². The summed E-state index contributed by atoms with van der Waals surface area (Å²) in [7, 11) is 0. The van der Waals surface area contributed by atoms with E-state index < -0.39 is 0 Å². The molecule has 104 valence electrons. The highest BCUT2D eigenvalue weighted by molar-refractivity contribution is 5.34. The van der Waals surface area contributed by atoms with Gasteiger partial charge >= 0.3 is 0 Å². The highest BCUT2D eigenvalue weighted by atomic mass is 16.6. The fourth-order valence-corrected chi connectivity index (χ4v) is 2.37. The van der Waals surface area contributed by atoms with Gasteiger partial charge in [0.05, 0.1) is 17.6 Å². The maximum Gasteiger partial charge on any atom is 0.269 e. The lowest BCUT2D eigenvalue weighted by Crippen LogP contribution is -2.21.